The molecule has 0 aliphatic heterocycles. The topological polar surface area (TPSA) is 0 Å². The Kier molecular flexibility index (Phi) is 4.00. The Morgan fingerprint density at radius 1 is 0.778 bits per heavy atom. The van der Waals surface area contributed by atoms with Crippen LogP contribution in [0.1, 0.15) is 11.1 Å². The van der Waals surface area contributed by atoms with Crippen molar-refractivity contribution in [2.24, 2.45) is 0 Å². The Labute approximate surface area is 113 Å². The van der Waals surface area contributed by atoms with Crippen molar-refractivity contribution >= 4 is 28.8 Å². The SMILES string of the molecule is FC(F)=C(c1cccc(Cl)c1)c1cccc(Cl)c1. The van der Waals surface area contributed by atoms with Crippen LogP contribution < -0.4 is 0 Å². The van der Waals surface area contributed by atoms with Gasteiger partial charge in [0.15, 0.2) is 0 Å². The molecule has 2 aromatic carbocycles. The Balaban J connectivity index is 2.59. The lowest BCUT2D eigenvalue weighted by molar-refractivity contribution is 0.426. The highest BCUT2D eigenvalue weighted by molar-refractivity contribution is 6.31. The van der Waals surface area contributed by atoms with Gasteiger partial charge in [-0.1, -0.05) is 47.5 Å². The largest absolute Gasteiger partial charge is 0.278 e. The summed E-state index contributed by atoms with van der Waals surface area (Å²) in [4.78, 5) is 0. The van der Waals surface area contributed by atoms with E-state index in [0.29, 0.717) is 21.2 Å². The third-order valence-electron chi connectivity index (χ3n) is 2.42. The summed E-state index contributed by atoms with van der Waals surface area (Å²) in [5.74, 6) is 0. The molecule has 0 N–H and O–H groups in total. The summed E-state index contributed by atoms with van der Waals surface area (Å²) < 4.78 is 26.3. The van der Waals surface area contributed by atoms with Crippen LogP contribution in [0.5, 0.6) is 0 Å². The van der Waals surface area contributed by atoms with Crippen molar-refractivity contribution in [3.63, 3.8) is 0 Å². The predicted molar refractivity (Wildman–Crippen MR) is 71.1 cm³/mol. The Morgan fingerprint density at radius 3 is 1.56 bits per heavy atom. The second kappa shape index (κ2) is 5.51. The molecule has 0 unspecified atom stereocenters. The predicted octanol–water partition coefficient (Wildman–Crippen LogP) is 5.65. The lowest BCUT2D eigenvalue weighted by Crippen LogP contribution is -1.89. The van der Waals surface area contributed by atoms with Crippen molar-refractivity contribution in [2.75, 3.05) is 0 Å². The van der Waals surface area contributed by atoms with E-state index in [-0.39, 0.29) is 5.57 Å². The molecule has 0 heterocycles. The average Bonchev–Trinajstić information content (AvgIpc) is 2.28. The van der Waals surface area contributed by atoms with Crippen molar-refractivity contribution in [3.05, 3.63) is 75.8 Å². The van der Waals surface area contributed by atoms with E-state index in [9.17, 15) is 8.78 Å². The highest BCUT2D eigenvalue weighted by Gasteiger charge is 2.12. The van der Waals surface area contributed by atoms with E-state index < -0.39 is 6.08 Å². The number of hydrogen-bond donors (Lipinski definition) is 0. The van der Waals surface area contributed by atoms with E-state index in [1.165, 1.54) is 12.1 Å². The molecule has 0 atom stereocenters. The van der Waals surface area contributed by atoms with Gasteiger partial charge >= 0.3 is 0 Å². The molecule has 0 spiro atoms. The van der Waals surface area contributed by atoms with Crippen molar-refractivity contribution in [3.8, 4) is 0 Å². The fourth-order valence-electron chi connectivity index (χ4n) is 1.67. The van der Waals surface area contributed by atoms with Gasteiger partial charge in [0.1, 0.15) is 0 Å². The summed E-state index contributed by atoms with van der Waals surface area (Å²) in [6, 6.07) is 12.7. The van der Waals surface area contributed by atoms with E-state index >= 15 is 0 Å². The zero-order valence-electron chi connectivity index (χ0n) is 9.13. The second-order valence-corrected chi connectivity index (χ2v) is 4.53. The van der Waals surface area contributed by atoms with Gasteiger partial charge in [-0.2, -0.15) is 8.78 Å². The summed E-state index contributed by atoms with van der Waals surface area (Å²) in [5.41, 5.74) is 0.578. The van der Waals surface area contributed by atoms with Crippen LogP contribution in [-0.2, 0) is 0 Å². The zero-order chi connectivity index (χ0) is 13.1. The van der Waals surface area contributed by atoms with Crippen LogP contribution in [-0.4, -0.2) is 0 Å². The minimum Gasteiger partial charge on any atom is -0.173 e. The third kappa shape index (κ3) is 2.89. The van der Waals surface area contributed by atoms with Crippen molar-refractivity contribution < 1.29 is 8.78 Å². The maximum Gasteiger partial charge on any atom is 0.278 e. The molecule has 4 heteroatoms. The summed E-state index contributed by atoms with van der Waals surface area (Å²) >= 11 is 11.6. The molecule has 18 heavy (non-hydrogen) atoms. The molecule has 2 aromatic rings. The monoisotopic (exact) mass is 284 g/mol. The van der Waals surface area contributed by atoms with Gasteiger partial charge in [0.2, 0.25) is 0 Å². The van der Waals surface area contributed by atoms with Crippen LogP contribution in [0, 0.1) is 0 Å². The quantitative estimate of drug-likeness (QED) is 0.669. The first kappa shape index (κ1) is 13.1. The second-order valence-electron chi connectivity index (χ2n) is 3.66. The molecule has 0 aliphatic carbocycles. The smallest absolute Gasteiger partial charge is 0.173 e. The summed E-state index contributed by atoms with van der Waals surface area (Å²) in [5, 5.41) is 0.821. The van der Waals surface area contributed by atoms with Crippen LogP contribution in [0.15, 0.2) is 54.6 Å². The van der Waals surface area contributed by atoms with Crippen LogP contribution in [0.3, 0.4) is 0 Å². The van der Waals surface area contributed by atoms with Gasteiger partial charge in [-0.05, 0) is 35.4 Å². The molecule has 0 amide bonds. The molecule has 0 aromatic heterocycles. The standard InChI is InChI=1S/C14H8Cl2F2/c15-11-5-1-3-9(7-11)13(14(17)18)10-4-2-6-12(16)8-10/h1-8H. The molecule has 0 bridgehead atoms. The number of rotatable bonds is 2. The van der Waals surface area contributed by atoms with Gasteiger partial charge in [-0.3, -0.25) is 0 Å². The van der Waals surface area contributed by atoms with Gasteiger partial charge in [-0.15, -0.1) is 0 Å². The van der Waals surface area contributed by atoms with E-state index in [4.69, 9.17) is 23.2 Å². The maximum absolute atomic E-state index is 13.1. The van der Waals surface area contributed by atoms with Crippen LogP contribution in [0.25, 0.3) is 5.57 Å². The number of halogens is 4. The Hall–Kier alpha value is -1.38. The van der Waals surface area contributed by atoms with Gasteiger partial charge in [0.25, 0.3) is 6.08 Å². The van der Waals surface area contributed by atoms with Gasteiger partial charge in [-0.25, -0.2) is 0 Å². The van der Waals surface area contributed by atoms with E-state index in [2.05, 4.69) is 0 Å². The first-order valence-corrected chi connectivity index (χ1v) is 5.90. The highest BCUT2D eigenvalue weighted by atomic mass is 35.5. The molecule has 0 saturated heterocycles. The minimum atomic E-state index is -1.76. The van der Waals surface area contributed by atoms with Gasteiger partial charge in [0.05, 0.1) is 5.57 Å². The first-order valence-electron chi connectivity index (χ1n) is 5.15. The van der Waals surface area contributed by atoms with E-state index in [1.807, 2.05) is 0 Å². The third-order valence-corrected chi connectivity index (χ3v) is 2.89. The summed E-state index contributed by atoms with van der Waals surface area (Å²) in [7, 11) is 0. The van der Waals surface area contributed by atoms with Crippen LogP contribution >= 0.6 is 23.2 Å². The Morgan fingerprint density at radius 2 is 1.22 bits per heavy atom. The van der Waals surface area contributed by atoms with Gasteiger partial charge < -0.3 is 0 Å². The Bertz CT molecular complexity index is 555. The summed E-state index contributed by atoms with van der Waals surface area (Å²) in [6.07, 6.45) is -1.76. The normalized spacial score (nSPS) is 10.2. The minimum absolute atomic E-state index is 0.153. The van der Waals surface area contributed by atoms with Crippen LogP contribution in [0.2, 0.25) is 10.0 Å². The van der Waals surface area contributed by atoms with Crippen molar-refractivity contribution in [1.29, 1.82) is 0 Å². The molecule has 0 saturated carbocycles. The molecule has 2 rings (SSSR count). The molecule has 0 fully saturated rings. The molecular formula is C14H8Cl2F2. The van der Waals surface area contributed by atoms with Crippen LogP contribution in [0.4, 0.5) is 8.78 Å². The number of benzene rings is 2. The van der Waals surface area contributed by atoms with Crippen molar-refractivity contribution in [2.45, 2.75) is 0 Å². The average molecular weight is 285 g/mol. The maximum atomic E-state index is 13.1. The molecule has 0 aliphatic rings. The number of hydrogen-bond acceptors (Lipinski definition) is 0. The molecule has 92 valence electrons. The first-order chi connectivity index (χ1) is 8.58. The molecular weight excluding hydrogens is 277 g/mol. The van der Waals surface area contributed by atoms with E-state index in [1.54, 1.807) is 36.4 Å². The molecule has 0 radical (unpaired) electrons. The van der Waals surface area contributed by atoms with Crippen molar-refractivity contribution in [1.82, 2.24) is 0 Å². The zero-order valence-corrected chi connectivity index (χ0v) is 10.6. The lowest BCUT2D eigenvalue weighted by Gasteiger charge is -2.08. The fraction of sp³-hybridized carbons (Fsp3) is 0. The van der Waals surface area contributed by atoms with E-state index in [0.717, 1.165) is 0 Å². The summed E-state index contributed by atoms with van der Waals surface area (Å²) in [6.45, 7) is 0. The van der Waals surface area contributed by atoms with Gasteiger partial charge in [0, 0.05) is 10.0 Å². The highest BCUT2D eigenvalue weighted by Crippen LogP contribution is 2.31. The lowest BCUT2D eigenvalue weighted by atomic mass is 9.99. The molecule has 0 nitrogen and oxygen atoms in total. The fourth-order valence-corrected chi connectivity index (χ4v) is 2.05.